The molecular formula is C20H24O2. The summed E-state index contributed by atoms with van der Waals surface area (Å²) in [6.07, 6.45) is 6.52. The van der Waals surface area contributed by atoms with Gasteiger partial charge in [-0.15, -0.1) is 6.58 Å². The lowest BCUT2D eigenvalue weighted by molar-refractivity contribution is 0.297. The maximum absolute atomic E-state index is 5.75. The lowest BCUT2D eigenvalue weighted by Crippen LogP contribution is -1.98. The average Bonchev–Trinajstić information content (AvgIpc) is 2.58. The maximum atomic E-state index is 5.75. The maximum Gasteiger partial charge on any atom is 0.120 e. The van der Waals surface area contributed by atoms with Crippen LogP contribution in [0.5, 0.6) is 11.5 Å². The van der Waals surface area contributed by atoms with Crippen LogP contribution in [0.2, 0.25) is 0 Å². The SMILES string of the molecule is C=CCCCCCOc1ccc(OCc2ccccc2)cc1. The molecule has 0 aliphatic heterocycles. The minimum Gasteiger partial charge on any atom is -0.494 e. The third kappa shape index (κ3) is 6.04. The Bertz CT molecular complexity index is 531. The van der Waals surface area contributed by atoms with E-state index in [0.29, 0.717) is 6.61 Å². The molecule has 116 valence electrons. The highest BCUT2D eigenvalue weighted by molar-refractivity contribution is 5.31. The van der Waals surface area contributed by atoms with Crippen LogP contribution in [0.4, 0.5) is 0 Å². The molecule has 0 amide bonds. The third-order valence-electron chi connectivity index (χ3n) is 3.39. The molecular weight excluding hydrogens is 272 g/mol. The summed E-state index contributed by atoms with van der Waals surface area (Å²) in [5.41, 5.74) is 1.17. The van der Waals surface area contributed by atoms with Crippen LogP contribution >= 0.6 is 0 Å². The molecule has 2 heteroatoms. The largest absolute Gasteiger partial charge is 0.494 e. The van der Waals surface area contributed by atoms with E-state index >= 15 is 0 Å². The Labute approximate surface area is 133 Å². The zero-order valence-electron chi connectivity index (χ0n) is 13.0. The van der Waals surface area contributed by atoms with E-state index in [2.05, 4.69) is 18.7 Å². The van der Waals surface area contributed by atoms with Crippen molar-refractivity contribution in [1.82, 2.24) is 0 Å². The van der Waals surface area contributed by atoms with Gasteiger partial charge in [0.2, 0.25) is 0 Å². The van der Waals surface area contributed by atoms with Crippen molar-refractivity contribution in [1.29, 1.82) is 0 Å². The number of ether oxygens (including phenoxy) is 2. The highest BCUT2D eigenvalue weighted by Crippen LogP contribution is 2.19. The molecule has 0 unspecified atom stereocenters. The molecule has 0 atom stereocenters. The van der Waals surface area contributed by atoms with Crippen LogP contribution in [0.15, 0.2) is 67.3 Å². The topological polar surface area (TPSA) is 18.5 Å². The van der Waals surface area contributed by atoms with Crippen LogP contribution in [0.25, 0.3) is 0 Å². The second kappa shape index (κ2) is 9.67. The molecule has 22 heavy (non-hydrogen) atoms. The van der Waals surface area contributed by atoms with Crippen LogP contribution in [-0.4, -0.2) is 6.61 Å². The summed E-state index contributed by atoms with van der Waals surface area (Å²) in [5, 5.41) is 0. The van der Waals surface area contributed by atoms with E-state index in [-0.39, 0.29) is 0 Å². The summed E-state index contributed by atoms with van der Waals surface area (Å²) >= 11 is 0. The normalized spacial score (nSPS) is 10.2. The van der Waals surface area contributed by atoms with E-state index in [1.165, 1.54) is 18.4 Å². The Kier molecular flexibility index (Phi) is 7.10. The van der Waals surface area contributed by atoms with E-state index in [1.807, 2.05) is 48.5 Å². The standard InChI is InChI=1S/C20H24O2/c1-2-3-4-5-9-16-21-19-12-14-20(15-13-19)22-17-18-10-7-6-8-11-18/h2,6-8,10-15H,1,3-5,9,16-17H2. The molecule has 2 aromatic carbocycles. The van der Waals surface area contributed by atoms with Gasteiger partial charge >= 0.3 is 0 Å². The molecule has 0 saturated heterocycles. The molecule has 0 fully saturated rings. The summed E-state index contributed by atoms with van der Waals surface area (Å²) in [4.78, 5) is 0. The number of hydrogen-bond acceptors (Lipinski definition) is 2. The van der Waals surface area contributed by atoms with Crippen LogP contribution in [-0.2, 0) is 6.61 Å². The van der Waals surface area contributed by atoms with Gasteiger partial charge in [0, 0.05) is 0 Å². The Hall–Kier alpha value is -2.22. The van der Waals surface area contributed by atoms with Crippen LogP contribution in [0.3, 0.4) is 0 Å². The van der Waals surface area contributed by atoms with Gasteiger partial charge < -0.3 is 9.47 Å². The Balaban J connectivity index is 1.68. The van der Waals surface area contributed by atoms with Gasteiger partial charge in [-0.1, -0.05) is 36.4 Å². The van der Waals surface area contributed by atoms with Gasteiger partial charge in [-0.3, -0.25) is 0 Å². The number of unbranched alkanes of at least 4 members (excludes halogenated alkanes) is 3. The first-order valence-electron chi connectivity index (χ1n) is 7.89. The van der Waals surface area contributed by atoms with Crippen LogP contribution in [0, 0.1) is 0 Å². The van der Waals surface area contributed by atoms with Crippen LogP contribution in [0.1, 0.15) is 31.2 Å². The van der Waals surface area contributed by atoms with E-state index in [1.54, 1.807) is 0 Å². The molecule has 0 saturated carbocycles. The molecule has 0 N–H and O–H groups in total. The van der Waals surface area contributed by atoms with Gasteiger partial charge in [0.25, 0.3) is 0 Å². The summed E-state index contributed by atoms with van der Waals surface area (Å²) in [6, 6.07) is 18.0. The first-order chi connectivity index (χ1) is 10.9. The first kappa shape index (κ1) is 16.2. The minimum atomic E-state index is 0.588. The van der Waals surface area contributed by atoms with Crippen molar-refractivity contribution in [3.05, 3.63) is 72.8 Å². The van der Waals surface area contributed by atoms with Gasteiger partial charge in [0.1, 0.15) is 18.1 Å². The average molecular weight is 296 g/mol. The molecule has 0 radical (unpaired) electrons. The molecule has 0 bridgehead atoms. The molecule has 2 rings (SSSR count). The van der Waals surface area contributed by atoms with Crippen molar-refractivity contribution < 1.29 is 9.47 Å². The molecule has 0 aromatic heterocycles. The predicted molar refractivity (Wildman–Crippen MR) is 91.4 cm³/mol. The van der Waals surface area contributed by atoms with E-state index < -0.39 is 0 Å². The zero-order chi connectivity index (χ0) is 15.5. The lowest BCUT2D eigenvalue weighted by Gasteiger charge is -2.09. The number of hydrogen-bond donors (Lipinski definition) is 0. The van der Waals surface area contributed by atoms with Crippen molar-refractivity contribution in [2.24, 2.45) is 0 Å². The van der Waals surface area contributed by atoms with E-state index in [9.17, 15) is 0 Å². The number of rotatable bonds is 10. The third-order valence-corrected chi connectivity index (χ3v) is 3.39. The zero-order valence-corrected chi connectivity index (χ0v) is 13.0. The fourth-order valence-corrected chi connectivity index (χ4v) is 2.13. The predicted octanol–water partition coefficient (Wildman–Crippen LogP) is 5.39. The van der Waals surface area contributed by atoms with E-state index in [4.69, 9.17) is 9.47 Å². The summed E-state index contributed by atoms with van der Waals surface area (Å²) in [6.45, 7) is 5.08. The smallest absolute Gasteiger partial charge is 0.120 e. The van der Waals surface area contributed by atoms with Gasteiger partial charge in [-0.2, -0.15) is 0 Å². The minimum absolute atomic E-state index is 0.588. The second-order valence-electron chi connectivity index (χ2n) is 5.23. The van der Waals surface area contributed by atoms with Gasteiger partial charge in [-0.25, -0.2) is 0 Å². The fourth-order valence-electron chi connectivity index (χ4n) is 2.13. The summed E-state index contributed by atoms with van der Waals surface area (Å²) in [5.74, 6) is 1.76. The molecule has 0 aliphatic carbocycles. The van der Waals surface area contributed by atoms with Crippen molar-refractivity contribution in [2.45, 2.75) is 32.3 Å². The highest BCUT2D eigenvalue weighted by Gasteiger charge is 1.98. The molecule has 0 aliphatic rings. The molecule has 0 spiro atoms. The number of benzene rings is 2. The van der Waals surface area contributed by atoms with Crippen molar-refractivity contribution in [2.75, 3.05) is 6.61 Å². The molecule has 0 heterocycles. The van der Waals surface area contributed by atoms with Gasteiger partial charge in [0.05, 0.1) is 6.61 Å². The van der Waals surface area contributed by atoms with E-state index in [0.717, 1.165) is 30.9 Å². The van der Waals surface area contributed by atoms with Gasteiger partial charge in [-0.05, 0) is 55.5 Å². The van der Waals surface area contributed by atoms with Gasteiger partial charge in [0.15, 0.2) is 0 Å². The quantitative estimate of drug-likeness (QED) is 0.432. The Morgan fingerprint density at radius 1 is 0.773 bits per heavy atom. The van der Waals surface area contributed by atoms with Crippen molar-refractivity contribution in [3.63, 3.8) is 0 Å². The highest BCUT2D eigenvalue weighted by atomic mass is 16.5. The second-order valence-corrected chi connectivity index (χ2v) is 5.23. The Morgan fingerprint density at radius 3 is 2.14 bits per heavy atom. The van der Waals surface area contributed by atoms with Crippen LogP contribution < -0.4 is 9.47 Å². The van der Waals surface area contributed by atoms with Crippen molar-refractivity contribution >= 4 is 0 Å². The summed E-state index contributed by atoms with van der Waals surface area (Å²) < 4.78 is 11.5. The fraction of sp³-hybridized carbons (Fsp3) is 0.300. The monoisotopic (exact) mass is 296 g/mol. The molecule has 2 aromatic rings. The lowest BCUT2D eigenvalue weighted by atomic mass is 10.2. The Morgan fingerprint density at radius 2 is 1.45 bits per heavy atom. The first-order valence-corrected chi connectivity index (χ1v) is 7.89. The molecule has 2 nitrogen and oxygen atoms in total. The number of allylic oxidation sites excluding steroid dienone is 1. The van der Waals surface area contributed by atoms with Crippen molar-refractivity contribution in [3.8, 4) is 11.5 Å². The summed E-state index contributed by atoms with van der Waals surface area (Å²) in [7, 11) is 0.